The number of nitrogens with one attached hydrogen (secondary N) is 1. The molecule has 0 atom stereocenters. The van der Waals surface area contributed by atoms with Crippen molar-refractivity contribution < 1.29 is 9.53 Å². The first kappa shape index (κ1) is 11.9. The van der Waals surface area contributed by atoms with E-state index < -0.39 is 0 Å². The molecule has 0 aromatic carbocycles. The molecule has 92 valence electrons. The number of morpholine rings is 1. The number of H-pyrrole nitrogens is 1. The second-order valence-electron chi connectivity index (χ2n) is 4.74. The van der Waals surface area contributed by atoms with E-state index in [-0.39, 0.29) is 22.4 Å². The maximum absolute atomic E-state index is 12.3. The summed E-state index contributed by atoms with van der Waals surface area (Å²) in [6.45, 7) is 5.38. The molecule has 17 heavy (non-hydrogen) atoms. The van der Waals surface area contributed by atoms with Gasteiger partial charge in [0.25, 0.3) is 5.91 Å². The maximum Gasteiger partial charge on any atom is 0.259 e. The van der Waals surface area contributed by atoms with Crippen LogP contribution in [0.4, 0.5) is 0 Å². The fourth-order valence-corrected chi connectivity index (χ4v) is 1.96. The van der Waals surface area contributed by atoms with E-state index in [1.54, 1.807) is 4.90 Å². The molecule has 2 heterocycles. The van der Waals surface area contributed by atoms with E-state index >= 15 is 0 Å². The predicted molar refractivity (Wildman–Crippen MR) is 63.0 cm³/mol. The summed E-state index contributed by atoms with van der Waals surface area (Å²) in [6.07, 6.45) is 2.97. The molecule has 0 unspecified atom stereocenters. The van der Waals surface area contributed by atoms with Crippen LogP contribution in [-0.2, 0) is 4.74 Å². The number of nitrogens with zero attached hydrogens (tertiary/aromatic N) is 1. The van der Waals surface area contributed by atoms with Gasteiger partial charge in [-0.25, -0.2) is 0 Å². The van der Waals surface area contributed by atoms with Crippen LogP contribution in [0.3, 0.4) is 0 Å². The van der Waals surface area contributed by atoms with Gasteiger partial charge in [0, 0.05) is 25.0 Å². The van der Waals surface area contributed by atoms with Crippen LogP contribution < -0.4 is 5.43 Å². The molecule has 5 heteroatoms. The number of hydrogen-bond donors (Lipinski definition) is 1. The Morgan fingerprint density at radius 1 is 1.53 bits per heavy atom. The maximum atomic E-state index is 12.3. The van der Waals surface area contributed by atoms with Gasteiger partial charge in [0.05, 0.1) is 18.8 Å². The Labute approximate surface area is 99.4 Å². The second-order valence-corrected chi connectivity index (χ2v) is 4.74. The van der Waals surface area contributed by atoms with Crippen LogP contribution in [0, 0.1) is 0 Å². The summed E-state index contributed by atoms with van der Waals surface area (Å²) in [6, 6.07) is 1.36. The summed E-state index contributed by atoms with van der Waals surface area (Å²) < 4.78 is 5.35. The van der Waals surface area contributed by atoms with Crippen LogP contribution >= 0.6 is 0 Å². The average Bonchev–Trinajstić information content (AvgIpc) is 2.28. The van der Waals surface area contributed by atoms with E-state index in [0.717, 1.165) is 0 Å². The summed E-state index contributed by atoms with van der Waals surface area (Å²) in [5.74, 6) is -0.236. The Bertz CT molecular complexity index is 479. The first-order chi connectivity index (χ1) is 8.02. The van der Waals surface area contributed by atoms with Gasteiger partial charge in [-0.2, -0.15) is 0 Å². The van der Waals surface area contributed by atoms with Crippen molar-refractivity contribution in [1.82, 2.24) is 9.88 Å². The van der Waals surface area contributed by atoms with Crippen LogP contribution in [0.25, 0.3) is 0 Å². The predicted octanol–water partition coefficient (Wildman–Crippen LogP) is 0.626. The van der Waals surface area contributed by atoms with Gasteiger partial charge in [-0.15, -0.1) is 0 Å². The highest BCUT2D eigenvalue weighted by molar-refractivity contribution is 5.94. The monoisotopic (exact) mass is 236 g/mol. The Balaban J connectivity index is 2.32. The van der Waals surface area contributed by atoms with Crippen molar-refractivity contribution in [1.29, 1.82) is 0 Å². The highest BCUT2D eigenvalue weighted by Gasteiger charge is 2.35. The third-order valence-electron chi connectivity index (χ3n) is 2.94. The van der Waals surface area contributed by atoms with Crippen LogP contribution in [0.1, 0.15) is 24.2 Å². The highest BCUT2D eigenvalue weighted by Crippen LogP contribution is 2.20. The minimum atomic E-state index is -0.377. The lowest BCUT2D eigenvalue weighted by Gasteiger charge is -2.41. The molecule has 1 aromatic heterocycles. The molecular weight excluding hydrogens is 220 g/mol. The molecule has 1 aliphatic rings. The Hall–Kier alpha value is -1.62. The Morgan fingerprint density at radius 3 is 2.94 bits per heavy atom. The van der Waals surface area contributed by atoms with Crippen molar-refractivity contribution in [3.63, 3.8) is 0 Å². The van der Waals surface area contributed by atoms with Gasteiger partial charge in [-0.05, 0) is 13.8 Å². The van der Waals surface area contributed by atoms with Crippen molar-refractivity contribution >= 4 is 5.91 Å². The summed E-state index contributed by atoms with van der Waals surface area (Å²) >= 11 is 0. The number of aromatic amines is 1. The van der Waals surface area contributed by atoms with E-state index in [1.165, 1.54) is 18.5 Å². The normalized spacial score (nSPS) is 19.1. The number of rotatable bonds is 1. The lowest BCUT2D eigenvalue weighted by Crippen LogP contribution is -2.56. The van der Waals surface area contributed by atoms with Crippen molar-refractivity contribution in [3.8, 4) is 0 Å². The third-order valence-corrected chi connectivity index (χ3v) is 2.94. The Kier molecular flexibility index (Phi) is 3.02. The zero-order chi connectivity index (χ0) is 12.5. The summed E-state index contributed by atoms with van der Waals surface area (Å²) in [4.78, 5) is 28.4. The molecule has 0 saturated carbocycles. The molecular formula is C12H16N2O3. The molecule has 1 N–H and O–H groups in total. The molecule has 0 spiro atoms. The van der Waals surface area contributed by atoms with Gasteiger partial charge >= 0.3 is 0 Å². The number of ether oxygens (including phenoxy) is 1. The third kappa shape index (κ3) is 2.24. The van der Waals surface area contributed by atoms with E-state index in [9.17, 15) is 9.59 Å². The number of pyridine rings is 1. The highest BCUT2D eigenvalue weighted by atomic mass is 16.5. The second kappa shape index (κ2) is 4.33. The van der Waals surface area contributed by atoms with E-state index in [2.05, 4.69) is 4.98 Å². The van der Waals surface area contributed by atoms with Gasteiger partial charge in [0.1, 0.15) is 5.56 Å². The summed E-state index contributed by atoms with van der Waals surface area (Å²) in [5, 5.41) is 0. The molecule has 1 fully saturated rings. The van der Waals surface area contributed by atoms with Crippen molar-refractivity contribution in [3.05, 3.63) is 34.2 Å². The average molecular weight is 236 g/mol. The van der Waals surface area contributed by atoms with E-state index in [1.807, 2.05) is 13.8 Å². The van der Waals surface area contributed by atoms with Gasteiger partial charge < -0.3 is 14.6 Å². The number of amides is 1. The lowest BCUT2D eigenvalue weighted by molar-refractivity contribution is -0.0371. The first-order valence-electron chi connectivity index (χ1n) is 5.59. The van der Waals surface area contributed by atoms with Crippen molar-refractivity contribution in [2.45, 2.75) is 19.4 Å². The minimum absolute atomic E-state index is 0.183. The number of aromatic nitrogens is 1. The lowest BCUT2D eigenvalue weighted by atomic mass is 10.0. The fraction of sp³-hybridized carbons (Fsp3) is 0.500. The molecule has 0 aliphatic carbocycles. The van der Waals surface area contributed by atoms with Gasteiger partial charge in [-0.1, -0.05) is 0 Å². The molecule has 0 radical (unpaired) electrons. The van der Waals surface area contributed by atoms with Crippen molar-refractivity contribution in [2.24, 2.45) is 0 Å². The van der Waals surface area contributed by atoms with Crippen LogP contribution in [0.2, 0.25) is 0 Å². The molecule has 2 rings (SSSR count). The van der Waals surface area contributed by atoms with E-state index in [0.29, 0.717) is 19.8 Å². The quantitative estimate of drug-likeness (QED) is 0.777. The fourth-order valence-electron chi connectivity index (χ4n) is 1.96. The SMILES string of the molecule is CC1(C)COCCN1C(=O)c1c[nH]ccc1=O. The standard InChI is InChI=1S/C12H16N2O3/c1-12(2)8-17-6-5-14(12)11(16)9-7-13-4-3-10(9)15/h3-4,7H,5-6,8H2,1-2H3,(H,13,15). The molecule has 5 nitrogen and oxygen atoms in total. The van der Waals surface area contributed by atoms with E-state index in [4.69, 9.17) is 4.74 Å². The van der Waals surface area contributed by atoms with Crippen LogP contribution in [0.5, 0.6) is 0 Å². The zero-order valence-corrected chi connectivity index (χ0v) is 10.0. The Morgan fingerprint density at radius 2 is 2.29 bits per heavy atom. The van der Waals surface area contributed by atoms with Gasteiger partial charge in [0.15, 0.2) is 5.43 Å². The molecule has 0 bridgehead atoms. The smallest absolute Gasteiger partial charge is 0.259 e. The number of carbonyl (C=O) groups excluding carboxylic acids is 1. The molecule has 1 saturated heterocycles. The molecule has 1 aliphatic heterocycles. The van der Waals surface area contributed by atoms with Gasteiger partial charge in [-0.3, -0.25) is 9.59 Å². The van der Waals surface area contributed by atoms with Crippen molar-refractivity contribution in [2.75, 3.05) is 19.8 Å². The minimum Gasteiger partial charge on any atom is -0.377 e. The summed E-state index contributed by atoms with van der Waals surface area (Å²) in [7, 11) is 0. The summed E-state index contributed by atoms with van der Waals surface area (Å²) in [5.41, 5.74) is -0.448. The molecule has 1 amide bonds. The van der Waals surface area contributed by atoms with Crippen LogP contribution in [-0.4, -0.2) is 41.1 Å². The zero-order valence-electron chi connectivity index (χ0n) is 10.0. The largest absolute Gasteiger partial charge is 0.377 e. The topological polar surface area (TPSA) is 62.4 Å². The number of hydrogen-bond acceptors (Lipinski definition) is 3. The van der Waals surface area contributed by atoms with Crippen LogP contribution in [0.15, 0.2) is 23.3 Å². The molecule has 1 aromatic rings. The first-order valence-corrected chi connectivity index (χ1v) is 5.59. The number of carbonyl (C=O) groups is 1. The van der Waals surface area contributed by atoms with Gasteiger partial charge in [0.2, 0.25) is 0 Å².